The number of thiazole rings is 1. The molecule has 0 aliphatic rings. The minimum atomic E-state index is -0.163. The number of imidazole rings is 1. The Labute approximate surface area is 84.9 Å². The number of carbonyl (C=O) groups is 1. The first-order valence-corrected chi connectivity index (χ1v) is 4.99. The first-order valence-electron chi connectivity index (χ1n) is 4.11. The standard InChI is InChI=1S/C9H9N3OS/c1-2-8(13)11-5-7-6-14-9-10-3-4-12(7)9/h2-4,6H,1,5H2,(H,11,13). The van der Waals surface area contributed by atoms with Crippen molar-refractivity contribution >= 4 is 22.2 Å². The van der Waals surface area contributed by atoms with E-state index in [0.717, 1.165) is 10.7 Å². The smallest absolute Gasteiger partial charge is 0.243 e. The highest BCUT2D eigenvalue weighted by Crippen LogP contribution is 2.13. The number of fused-ring (bicyclic) bond motifs is 1. The Morgan fingerprint density at radius 1 is 1.79 bits per heavy atom. The number of hydrogen-bond donors (Lipinski definition) is 1. The first kappa shape index (κ1) is 8.96. The zero-order valence-corrected chi connectivity index (χ0v) is 8.25. The monoisotopic (exact) mass is 207 g/mol. The summed E-state index contributed by atoms with van der Waals surface area (Å²) >= 11 is 1.55. The number of carbonyl (C=O) groups excluding carboxylic acids is 1. The van der Waals surface area contributed by atoms with Crippen LogP contribution in [-0.4, -0.2) is 15.3 Å². The van der Waals surface area contributed by atoms with Gasteiger partial charge in [0, 0.05) is 17.8 Å². The van der Waals surface area contributed by atoms with Gasteiger partial charge in [0.15, 0.2) is 4.96 Å². The molecular weight excluding hydrogens is 198 g/mol. The van der Waals surface area contributed by atoms with Crippen molar-refractivity contribution in [2.75, 3.05) is 0 Å². The third-order valence-corrected chi connectivity index (χ3v) is 2.75. The van der Waals surface area contributed by atoms with E-state index in [1.54, 1.807) is 17.5 Å². The molecule has 0 aliphatic carbocycles. The molecule has 2 aromatic rings. The summed E-state index contributed by atoms with van der Waals surface area (Å²) < 4.78 is 1.95. The zero-order valence-electron chi connectivity index (χ0n) is 7.43. The van der Waals surface area contributed by atoms with E-state index in [4.69, 9.17) is 0 Å². The third-order valence-electron chi connectivity index (χ3n) is 1.85. The molecule has 0 unspecified atom stereocenters. The molecule has 2 rings (SSSR count). The molecule has 0 saturated carbocycles. The molecule has 0 aliphatic heterocycles. The van der Waals surface area contributed by atoms with Crippen LogP contribution in [-0.2, 0) is 11.3 Å². The molecule has 0 radical (unpaired) electrons. The van der Waals surface area contributed by atoms with Crippen LogP contribution in [0.1, 0.15) is 5.69 Å². The number of amides is 1. The maximum Gasteiger partial charge on any atom is 0.243 e. The second-order valence-corrected chi connectivity index (χ2v) is 3.57. The highest BCUT2D eigenvalue weighted by atomic mass is 32.1. The van der Waals surface area contributed by atoms with Crippen LogP contribution in [0.5, 0.6) is 0 Å². The number of nitrogens with zero attached hydrogens (tertiary/aromatic N) is 2. The Kier molecular flexibility index (Phi) is 2.32. The van der Waals surface area contributed by atoms with Gasteiger partial charge in [0.2, 0.25) is 5.91 Å². The molecule has 0 fully saturated rings. The van der Waals surface area contributed by atoms with Gasteiger partial charge in [-0.15, -0.1) is 11.3 Å². The average molecular weight is 207 g/mol. The molecule has 0 saturated heterocycles. The van der Waals surface area contributed by atoms with Gasteiger partial charge in [-0.05, 0) is 6.08 Å². The van der Waals surface area contributed by atoms with Gasteiger partial charge < -0.3 is 5.32 Å². The van der Waals surface area contributed by atoms with Crippen LogP contribution in [0.25, 0.3) is 4.96 Å². The lowest BCUT2D eigenvalue weighted by molar-refractivity contribution is -0.116. The van der Waals surface area contributed by atoms with E-state index >= 15 is 0 Å². The lowest BCUT2D eigenvalue weighted by Gasteiger charge is -1.99. The predicted molar refractivity (Wildman–Crippen MR) is 55.1 cm³/mol. The summed E-state index contributed by atoms with van der Waals surface area (Å²) in [6, 6.07) is 0. The maximum atomic E-state index is 10.9. The highest BCUT2D eigenvalue weighted by Gasteiger charge is 2.03. The van der Waals surface area contributed by atoms with Gasteiger partial charge in [0.1, 0.15) is 0 Å². The second-order valence-electron chi connectivity index (χ2n) is 2.73. The molecule has 0 bridgehead atoms. The van der Waals surface area contributed by atoms with Crippen LogP contribution >= 0.6 is 11.3 Å². The zero-order chi connectivity index (χ0) is 9.97. The molecular formula is C9H9N3OS. The summed E-state index contributed by atoms with van der Waals surface area (Å²) in [6.45, 7) is 3.89. The Morgan fingerprint density at radius 2 is 2.64 bits per heavy atom. The summed E-state index contributed by atoms with van der Waals surface area (Å²) in [4.78, 5) is 16.0. The van der Waals surface area contributed by atoms with Crippen molar-refractivity contribution < 1.29 is 4.79 Å². The molecule has 5 heteroatoms. The van der Waals surface area contributed by atoms with Gasteiger partial charge in [0.25, 0.3) is 0 Å². The van der Waals surface area contributed by atoms with E-state index in [0.29, 0.717) is 6.54 Å². The minimum Gasteiger partial charge on any atom is -0.347 e. The van der Waals surface area contributed by atoms with Crippen molar-refractivity contribution in [3.05, 3.63) is 36.1 Å². The summed E-state index contributed by atoms with van der Waals surface area (Å²) in [5.74, 6) is -0.163. The van der Waals surface area contributed by atoms with Crippen molar-refractivity contribution in [1.82, 2.24) is 14.7 Å². The van der Waals surface area contributed by atoms with Crippen LogP contribution in [0.15, 0.2) is 30.4 Å². The van der Waals surface area contributed by atoms with Gasteiger partial charge in [-0.25, -0.2) is 4.98 Å². The molecule has 0 aromatic carbocycles. The molecule has 1 N–H and O–H groups in total. The number of aromatic nitrogens is 2. The van der Waals surface area contributed by atoms with E-state index in [1.807, 2.05) is 16.0 Å². The molecule has 0 spiro atoms. The van der Waals surface area contributed by atoms with Crippen molar-refractivity contribution in [3.8, 4) is 0 Å². The predicted octanol–water partition coefficient (Wildman–Crippen LogP) is 1.20. The Hall–Kier alpha value is -1.62. The molecule has 0 atom stereocenters. The van der Waals surface area contributed by atoms with Crippen LogP contribution in [0.4, 0.5) is 0 Å². The lowest BCUT2D eigenvalue weighted by atomic mass is 10.4. The van der Waals surface area contributed by atoms with Gasteiger partial charge in [-0.2, -0.15) is 0 Å². The van der Waals surface area contributed by atoms with Gasteiger partial charge in [-0.3, -0.25) is 9.20 Å². The molecule has 2 aromatic heterocycles. The summed E-state index contributed by atoms with van der Waals surface area (Å²) in [6.07, 6.45) is 4.88. The topological polar surface area (TPSA) is 46.4 Å². The van der Waals surface area contributed by atoms with Gasteiger partial charge >= 0.3 is 0 Å². The SMILES string of the molecule is C=CC(=O)NCc1csc2nccn12. The van der Waals surface area contributed by atoms with Crippen molar-refractivity contribution in [2.24, 2.45) is 0 Å². The number of rotatable bonds is 3. The fourth-order valence-electron chi connectivity index (χ4n) is 1.15. The minimum absolute atomic E-state index is 0.163. The Bertz CT molecular complexity index is 471. The highest BCUT2D eigenvalue weighted by molar-refractivity contribution is 7.15. The summed E-state index contributed by atoms with van der Waals surface area (Å²) in [5.41, 5.74) is 1.03. The fraction of sp³-hybridized carbons (Fsp3) is 0.111. The van der Waals surface area contributed by atoms with E-state index < -0.39 is 0 Å². The van der Waals surface area contributed by atoms with Crippen LogP contribution < -0.4 is 5.32 Å². The first-order chi connectivity index (χ1) is 6.81. The number of hydrogen-bond acceptors (Lipinski definition) is 3. The maximum absolute atomic E-state index is 10.9. The third kappa shape index (κ3) is 1.54. The van der Waals surface area contributed by atoms with Crippen LogP contribution in [0, 0.1) is 0 Å². The fourth-order valence-corrected chi connectivity index (χ4v) is 2.00. The Morgan fingerprint density at radius 3 is 3.43 bits per heavy atom. The van der Waals surface area contributed by atoms with Gasteiger partial charge in [0.05, 0.1) is 12.2 Å². The van der Waals surface area contributed by atoms with Gasteiger partial charge in [-0.1, -0.05) is 6.58 Å². The Balaban J connectivity index is 2.15. The van der Waals surface area contributed by atoms with Crippen LogP contribution in [0.3, 0.4) is 0 Å². The molecule has 72 valence electrons. The molecule has 2 heterocycles. The van der Waals surface area contributed by atoms with E-state index in [9.17, 15) is 4.79 Å². The van der Waals surface area contributed by atoms with Crippen LogP contribution in [0.2, 0.25) is 0 Å². The lowest BCUT2D eigenvalue weighted by Crippen LogP contribution is -2.20. The summed E-state index contributed by atoms with van der Waals surface area (Å²) in [7, 11) is 0. The van der Waals surface area contributed by atoms with Crippen molar-refractivity contribution in [1.29, 1.82) is 0 Å². The average Bonchev–Trinajstić information content (AvgIpc) is 2.76. The van der Waals surface area contributed by atoms with Crippen molar-refractivity contribution in [3.63, 3.8) is 0 Å². The largest absolute Gasteiger partial charge is 0.347 e. The van der Waals surface area contributed by atoms with E-state index in [2.05, 4.69) is 16.9 Å². The molecule has 14 heavy (non-hydrogen) atoms. The second kappa shape index (κ2) is 3.63. The summed E-state index contributed by atoms with van der Waals surface area (Å²) in [5, 5.41) is 4.70. The van der Waals surface area contributed by atoms with Crippen molar-refractivity contribution in [2.45, 2.75) is 6.54 Å². The quantitative estimate of drug-likeness (QED) is 0.769. The molecule has 1 amide bonds. The van der Waals surface area contributed by atoms with E-state index in [1.165, 1.54) is 6.08 Å². The molecule has 4 nitrogen and oxygen atoms in total. The number of nitrogens with one attached hydrogen (secondary N) is 1. The van der Waals surface area contributed by atoms with E-state index in [-0.39, 0.29) is 5.91 Å². The normalized spacial score (nSPS) is 10.3.